The lowest BCUT2D eigenvalue weighted by molar-refractivity contribution is 0.0963. The minimum absolute atomic E-state index is 0.224. The lowest BCUT2D eigenvalue weighted by atomic mass is 9.98. The molecule has 1 saturated heterocycles. The third-order valence-corrected chi connectivity index (χ3v) is 6.15. The zero-order valence-corrected chi connectivity index (χ0v) is 14.5. The van der Waals surface area contributed by atoms with E-state index in [4.69, 9.17) is 0 Å². The second-order valence-corrected chi connectivity index (χ2v) is 7.70. The van der Waals surface area contributed by atoms with Crippen LogP contribution in [0.1, 0.15) is 30.1 Å². The Balaban J connectivity index is 2.03. The molecule has 6 nitrogen and oxygen atoms in total. The van der Waals surface area contributed by atoms with Gasteiger partial charge in [0.05, 0.1) is 4.90 Å². The number of sulfonamides is 1. The fraction of sp³-hybridized carbons (Fsp3) is 0.562. The molecule has 1 heterocycles. The Morgan fingerprint density at radius 3 is 2.35 bits per heavy atom. The second-order valence-electron chi connectivity index (χ2n) is 5.76. The van der Waals surface area contributed by atoms with Gasteiger partial charge in [-0.15, -0.1) is 0 Å². The van der Waals surface area contributed by atoms with Crippen LogP contribution in [0.25, 0.3) is 0 Å². The number of piperidine rings is 1. The summed E-state index contributed by atoms with van der Waals surface area (Å²) in [6, 6.07) is 6.10. The molecule has 0 radical (unpaired) electrons. The maximum absolute atomic E-state index is 12.7. The van der Waals surface area contributed by atoms with Crippen LogP contribution in [0.5, 0.6) is 0 Å². The summed E-state index contributed by atoms with van der Waals surface area (Å²) in [5.41, 5.74) is 0.454. The van der Waals surface area contributed by atoms with Crippen molar-refractivity contribution in [2.24, 2.45) is 5.92 Å². The number of nitrogens with zero attached hydrogens (tertiary/aromatic N) is 1. The third-order valence-electron chi connectivity index (χ3n) is 4.24. The summed E-state index contributed by atoms with van der Waals surface area (Å²) in [5, 5.41) is 5.84. The van der Waals surface area contributed by atoms with Crippen LogP contribution in [0.15, 0.2) is 29.2 Å². The molecule has 2 rings (SSSR count). The van der Waals surface area contributed by atoms with E-state index in [1.54, 1.807) is 23.5 Å². The van der Waals surface area contributed by atoms with E-state index >= 15 is 0 Å². The molecule has 0 aromatic heterocycles. The minimum Gasteiger partial charge on any atom is -0.355 e. The molecular weight excluding hydrogens is 314 g/mol. The van der Waals surface area contributed by atoms with Crippen molar-refractivity contribution in [1.82, 2.24) is 14.9 Å². The highest BCUT2D eigenvalue weighted by molar-refractivity contribution is 7.89. The average Bonchev–Trinajstić information content (AvgIpc) is 2.59. The number of carbonyl (C=O) groups is 1. The highest BCUT2D eigenvalue weighted by Gasteiger charge is 2.29. The van der Waals surface area contributed by atoms with Crippen molar-refractivity contribution in [3.63, 3.8) is 0 Å². The Bertz CT molecular complexity index is 620. The lowest BCUT2D eigenvalue weighted by Crippen LogP contribution is -2.40. The van der Waals surface area contributed by atoms with Crippen LogP contribution in [0, 0.1) is 5.92 Å². The van der Waals surface area contributed by atoms with Gasteiger partial charge in [0.15, 0.2) is 0 Å². The molecule has 0 bridgehead atoms. The summed E-state index contributed by atoms with van der Waals surface area (Å²) in [6.45, 7) is 5.06. The largest absolute Gasteiger partial charge is 0.355 e. The van der Waals surface area contributed by atoms with Gasteiger partial charge in [0.25, 0.3) is 5.91 Å². The van der Waals surface area contributed by atoms with Crippen molar-refractivity contribution in [2.75, 3.05) is 33.2 Å². The third kappa shape index (κ3) is 4.31. The lowest BCUT2D eigenvalue weighted by Gasteiger charge is -2.31. The molecule has 23 heavy (non-hydrogen) atoms. The second kappa shape index (κ2) is 7.90. The molecule has 128 valence electrons. The maximum Gasteiger partial charge on any atom is 0.251 e. The van der Waals surface area contributed by atoms with Crippen molar-refractivity contribution >= 4 is 15.9 Å². The van der Waals surface area contributed by atoms with Gasteiger partial charge in [-0.25, -0.2) is 8.42 Å². The molecule has 1 aromatic rings. The van der Waals surface area contributed by atoms with Crippen molar-refractivity contribution in [3.8, 4) is 0 Å². The quantitative estimate of drug-likeness (QED) is 0.812. The number of nitrogens with one attached hydrogen (secondary N) is 2. The van der Waals surface area contributed by atoms with Crippen molar-refractivity contribution < 1.29 is 13.2 Å². The SMILES string of the molecule is CCNCC1CCN(S(=O)(=O)c2ccc(C(=O)NC)cc2)CC1. The van der Waals surface area contributed by atoms with Gasteiger partial charge in [-0.2, -0.15) is 4.31 Å². The summed E-state index contributed by atoms with van der Waals surface area (Å²) in [7, 11) is -1.93. The molecule has 1 aromatic carbocycles. The van der Waals surface area contributed by atoms with Gasteiger partial charge in [0.1, 0.15) is 0 Å². The molecule has 2 N–H and O–H groups in total. The first-order valence-electron chi connectivity index (χ1n) is 8.02. The fourth-order valence-corrected chi connectivity index (χ4v) is 4.24. The Labute approximate surface area is 138 Å². The predicted molar refractivity (Wildman–Crippen MR) is 89.9 cm³/mol. The highest BCUT2D eigenvalue weighted by atomic mass is 32.2. The number of hydrogen-bond acceptors (Lipinski definition) is 4. The molecular formula is C16H25N3O3S. The fourth-order valence-electron chi connectivity index (χ4n) is 2.77. The number of rotatable bonds is 6. The average molecular weight is 339 g/mol. The summed E-state index contributed by atoms with van der Waals surface area (Å²) in [5.74, 6) is 0.315. The minimum atomic E-state index is -3.47. The molecule has 0 atom stereocenters. The van der Waals surface area contributed by atoms with E-state index in [0.29, 0.717) is 24.6 Å². The zero-order chi connectivity index (χ0) is 16.9. The molecule has 0 aliphatic carbocycles. The summed E-state index contributed by atoms with van der Waals surface area (Å²) in [4.78, 5) is 11.8. The Morgan fingerprint density at radius 1 is 1.22 bits per heavy atom. The molecule has 1 fully saturated rings. The van der Waals surface area contributed by atoms with Crippen LogP contribution >= 0.6 is 0 Å². The van der Waals surface area contributed by atoms with Gasteiger partial charge < -0.3 is 10.6 Å². The Kier molecular flexibility index (Phi) is 6.15. The van der Waals surface area contributed by atoms with E-state index in [2.05, 4.69) is 17.6 Å². The molecule has 0 spiro atoms. The van der Waals surface area contributed by atoms with Gasteiger partial charge in [-0.3, -0.25) is 4.79 Å². The first-order valence-corrected chi connectivity index (χ1v) is 9.46. The Hall–Kier alpha value is -1.44. The molecule has 0 unspecified atom stereocenters. The predicted octanol–water partition coefficient (Wildman–Crippen LogP) is 1.06. The first kappa shape index (κ1) is 17.9. The van der Waals surface area contributed by atoms with E-state index < -0.39 is 10.0 Å². The van der Waals surface area contributed by atoms with Crippen LogP contribution in [-0.4, -0.2) is 51.9 Å². The number of amides is 1. The first-order chi connectivity index (χ1) is 11.0. The van der Waals surface area contributed by atoms with E-state index in [1.165, 1.54) is 12.1 Å². The van der Waals surface area contributed by atoms with Crippen LogP contribution in [-0.2, 0) is 10.0 Å². The smallest absolute Gasteiger partial charge is 0.251 e. The monoisotopic (exact) mass is 339 g/mol. The molecule has 1 aliphatic rings. The van der Waals surface area contributed by atoms with Gasteiger partial charge in [-0.1, -0.05) is 6.92 Å². The number of hydrogen-bond donors (Lipinski definition) is 2. The van der Waals surface area contributed by atoms with Crippen LogP contribution in [0.3, 0.4) is 0 Å². The van der Waals surface area contributed by atoms with E-state index in [1.807, 2.05) is 0 Å². The molecule has 1 aliphatic heterocycles. The van der Waals surface area contributed by atoms with Crippen molar-refractivity contribution in [1.29, 1.82) is 0 Å². The van der Waals surface area contributed by atoms with E-state index in [9.17, 15) is 13.2 Å². The van der Waals surface area contributed by atoms with Gasteiger partial charge in [0, 0.05) is 25.7 Å². The summed E-state index contributed by atoms with van der Waals surface area (Å²) >= 11 is 0. The molecule has 0 saturated carbocycles. The van der Waals surface area contributed by atoms with Crippen LogP contribution in [0.2, 0.25) is 0 Å². The van der Waals surface area contributed by atoms with Crippen molar-refractivity contribution in [3.05, 3.63) is 29.8 Å². The van der Waals surface area contributed by atoms with E-state index in [-0.39, 0.29) is 10.8 Å². The molecule has 7 heteroatoms. The highest BCUT2D eigenvalue weighted by Crippen LogP contribution is 2.23. The Morgan fingerprint density at radius 2 is 1.83 bits per heavy atom. The zero-order valence-electron chi connectivity index (χ0n) is 13.7. The van der Waals surface area contributed by atoms with Crippen molar-refractivity contribution in [2.45, 2.75) is 24.7 Å². The number of benzene rings is 1. The molecule has 1 amide bonds. The standard InChI is InChI=1S/C16H25N3O3S/c1-3-18-12-13-8-10-19(11-9-13)23(21,22)15-6-4-14(5-7-15)16(20)17-2/h4-7,13,18H,3,8-12H2,1-2H3,(H,17,20). The summed E-state index contributed by atoms with van der Waals surface area (Å²) < 4.78 is 26.9. The van der Waals surface area contributed by atoms with Crippen LogP contribution in [0.4, 0.5) is 0 Å². The summed E-state index contributed by atoms with van der Waals surface area (Å²) in [6.07, 6.45) is 1.76. The number of carbonyl (C=O) groups excluding carboxylic acids is 1. The maximum atomic E-state index is 12.7. The van der Waals surface area contributed by atoms with Crippen LogP contribution < -0.4 is 10.6 Å². The van der Waals surface area contributed by atoms with Gasteiger partial charge in [0.2, 0.25) is 10.0 Å². The van der Waals surface area contributed by atoms with E-state index in [0.717, 1.165) is 25.9 Å². The topological polar surface area (TPSA) is 78.5 Å². The van der Waals surface area contributed by atoms with Gasteiger partial charge in [-0.05, 0) is 56.1 Å². The van der Waals surface area contributed by atoms with Gasteiger partial charge >= 0.3 is 0 Å². The normalized spacial score (nSPS) is 17.1.